The third-order valence-electron chi connectivity index (χ3n) is 3.38. The van der Waals surface area contributed by atoms with Crippen molar-refractivity contribution in [3.63, 3.8) is 0 Å². The van der Waals surface area contributed by atoms with Gasteiger partial charge in [-0.1, -0.05) is 19.9 Å². The van der Waals surface area contributed by atoms with Crippen LogP contribution in [0.2, 0.25) is 0 Å². The van der Waals surface area contributed by atoms with E-state index in [0.29, 0.717) is 18.3 Å². The largest absolute Gasteiger partial charge is 0.198 e. The van der Waals surface area contributed by atoms with Crippen LogP contribution in [0.5, 0.6) is 0 Å². The van der Waals surface area contributed by atoms with Gasteiger partial charge in [0.05, 0.1) is 6.07 Å². The van der Waals surface area contributed by atoms with E-state index in [1.54, 1.807) is 0 Å². The Morgan fingerprint density at radius 3 is 2.69 bits per heavy atom. The Bertz CT molecular complexity index is 212. The van der Waals surface area contributed by atoms with Gasteiger partial charge in [-0.05, 0) is 36.5 Å². The van der Waals surface area contributed by atoms with Gasteiger partial charge in [0, 0.05) is 6.42 Å². The van der Waals surface area contributed by atoms with E-state index in [1.165, 1.54) is 12.8 Å². The standard InChI is InChI=1S/C12H19N/c1-4-10-7-12(9(2)3)8-11(10)5-6-13/h4,9-12H,1,5,7-8H2,2-3H3. The molecule has 0 amide bonds. The fraction of sp³-hybridized carbons (Fsp3) is 0.750. The van der Waals surface area contributed by atoms with Gasteiger partial charge in [0.1, 0.15) is 0 Å². The van der Waals surface area contributed by atoms with Crippen LogP contribution in [-0.4, -0.2) is 0 Å². The van der Waals surface area contributed by atoms with E-state index in [4.69, 9.17) is 5.26 Å². The molecule has 1 saturated carbocycles. The van der Waals surface area contributed by atoms with Gasteiger partial charge in [0.15, 0.2) is 0 Å². The van der Waals surface area contributed by atoms with Crippen molar-refractivity contribution in [2.75, 3.05) is 0 Å². The molecule has 0 saturated heterocycles. The summed E-state index contributed by atoms with van der Waals surface area (Å²) in [5, 5.41) is 8.68. The summed E-state index contributed by atoms with van der Waals surface area (Å²) in [6, 6.07) is 2.29. The summed E-state index contributed by atoms with van der Waals surface area (Å²) in [5.41, 5.74) is 0. The normalized spacial score (nSPS) is 33.2. The lowest BCUT2D eigenvalue weighted by Gasteiger charge is -2.12. The predicted molar refractivity (Wildman–Crippen MR) is 55.0 cm³/mol. The van der Waals surface area contributed by atoms with E-state index in [1.807, 2.05) is 6.08 Å². The third kappa shape index (κ3) is 2.34. The van der Waals surface area contributed by atoms with E-state index in [0.717, 1.165) is 11.8 Å². The molecule has 0 heterocycles. The molecule has 0 aromatic carbocycles. The lowest BCUT2D eigenvalue weighted by atomic mass is 9.93. The van der Waals surface area contributed by atoms with Crippen molar-refractivity contribution in [3.05, 3.63) is 12.7 Å². The minimum absolute atomic E-state index is 0.579. The highest BCUT2D eigenvalue weighted by molar-refractivity contribution is 4.96. The Morgan fingerprint density at radius 2 is 2.23 bits per heavy atom. The molecule has 1 nitrogen and oxygen atoms in total. The van der Waals surface area contributed by atoms with E-state index in [-0.39, 0.29) is 0 Å². The minimum atomic E-state index is 0.579. The van der Waals surface area contributed by atoms with Crippen molar-refractivity contribution in [1.82, 2.24) is 0 Å². The Kier molecular flexibility index (Phi) is 3.54. The highest BCUT2D eigenvalue weighted by Crippen LogP contribution is 2.42. The van der Waals surface area contributed by atoms with E-state index < -0.39 is 0 Å². The monoisotopic (exact) mass is 177 g/mol. The number of rotatable bonds is 3. The highest BCUT2D eigenvalue weighted by atomic mass is 14.4. The van der Waals surface area contributed by atoms with Gasteiger partial charge in [-0.15, -0.1) is 6.58 Å². The molecule has 3 unspecified atom stereocenters. The Balaban J connectivity index is 2.56. The maximum absolute atomic E-state index is 8.68. The zero-order valence-electron chi connectivity index (χ0n) is 8.66. The van der Waals surface area contributed by atoms with Crippen molar-refractivity contribution >= 4 is 0 Å². The second-order valence-electron chi connectivity index (χ2n) is 4.50. The number of nitrogens with zero attached hydrogens (tertiary/aromatic N) is 1. The predicted octanol–water partition coefficient (Wildman–Crippen LogP) is 3.38. The molecule has 72 valence electrons. The van der Waals surface area contributed by atoms with Crippen molar-refractivity contribution < 1.29 is 0 Å². The topological polar surface area (TPSA) is 23.8 Å². The molecular formula is C12H19N. The maximum atomic E-state index is 8.68. The molecule has 0 spiro atoms. The smallest absolute Gasteiger partial charge is 0.0624 e. The van der Waals surface area contributed by atoms with Gasteiger partial charge in [-0.3, -0.25) is 0 Å². The molecule has 0 aromatic heterocycles. The summed E-state index contributed by atoms with van der Waals surface area (Å²) in [6.45, 7) is 8.41. The third-order valence-corrected chi connectivity index (χ3v) is 3.38. The molecule has 1 fully saturated rings. The second kappa shape index (κ2) is 4.46. The van der Waals surface area contributed by atoms with Crippen molar-refractivity contribution in [2.45, 2.75) is 33.1 Å². The fourth-order valence-corrected chi connectivity index (χ4v) is 2.39. The molecule has 0 aliphatic heterocycles. The molecular weight excluding hydrogens is 158 g/mol. The molecule has 1 aliphatic rings. The summed E-state index contributed by atoms with van der Waals surface area (Å²) < 4.78 is 0. The molecule has 1 aliphatic carbocycles. The molecule has 0 aromatic rings. The van der Waals surface area contributed by atoms with Crippen LogP contribution in [0.4, 0.5) is 0 Å². The van der Waals surface area contributed by atoms with Gasteiger partial charge in [0.25, 0.3) is 0 Å². The van der Waals surface area contributed by atoms with Crippen molar-refractivity contribution in [2.24, 2.45) is 23.7 Å². The Hall–Kier alpha value is -0.770. The summed E-state index contributed by atoms with van der Waals surface area (Å²) >= 11 is 0. The van der Waals surface area contributed by atoms with Crippen LogP contribution in [0.3, 0.4) is 0 Å². The first kappa shape index (κ1) is 10.3. The van der Waals surface area contributed by atoms with Crippen molar-refractivity contribution in [3.8, 4) is 6.07 Å². The number of hydrogen-bond donors (Lipinski definition) is 0. The average Bonchev–Trinajstić information content (AvgIpc) is 2.48. The molecule has 0 bridgehead atoms. The first-order valence-corrected chi connectivity index (χ1v) is 5.18. The maximum Gasteiger partial charge on any atom is 0.0624 e. The van der Waals surface area contributed by atoms with Gasteiger partial charge in [-0.2, -0.15) is 5.26 Å². The zero-order chi connectivity index (χ0) is 9.84. The van der Waals surface area contributed by atoms with Crippen LogP contribution in [0.1, 0.15) is 33.1 Å². The second-order valence-corrected chi connectivity index (χ2v) is 4.50. The molecule has 1 rings (SSSR count). The van der Waals surface area contributed by atoms with Crippen LogP contribution in [-0.2, 0) is 0 Å². The molecule has 1 heteroatoms. The summed E-state index contributed by atoms with van der Waals surface area (Å²) in [4.78, 5) is 0. The average molecular weight is 177 g/mol. The van der Waals surface area contributed by atoms with E-state index >= 15 is 0 Å². The van der Waals surface area contributed by atoms with Gasteiger partial charge in [0.2, 0.25) is 0 Å². The van der Waals surface area contributed by atoms with Crippen molar-refractivity contribution in [1.29, 1.82) is 5.26 Å². The molecule has 13 heavy (non-hydrogen) atoms. The summed E-state index contributed by atoms with van der Waals surface area (Å²) in [7, 11) is 0. The molecule has 3 atom stereocenters. The highest BCUT2D eigenvalue weighted by Gasteiger charge is 2.33. The van der Waals surface area contributed by atoms with E-state index in [9.17, 15) is 0 Å². The number of allylic oxidation sites excluding steroid dienone is 1. The minimum Gasteiger partial charge on any atom is -0.198 e. The Labute approximate surface area is 81.5 Å². The molecule has 0 N–H and O–H groups in total. The summed E-state index contributed by atoms with van der Waals surface area (Å²) in [5.74, 6) is 2.73. The summed E-state index contributed by atoms with van der Waals surface area (Å²) in [6.07, 6.45) is 5.22. The van der Waals surface area contributed by atoms with Gasteiger partial charge >= 0.3 is 0 Å². The SMILES string of the molecule is C=CC1CC(C(C)C)CC1CC#N. The number of hydrogen-bond acceptors (Lipinski definition) is 1. The van der Waals surface area contributed by atoms with Crippen LogP contribution in [0.15, 0.2) is 12.7 Å². The fourth-order valence-electron chi connectivity index (χ4n) is 2.39. The first-order valence-electron chi connectivity index (χ1n) is 5.18. The number of nitriles is 1. The van der Waals surface area contributed by atoms with Crippen LogP contribution in [0, 0.1) is 35.0 Å². The van der Waals surface area contributed by atoms with Gasteiger partial charge < -0.3 is 0 Å². The lowest BCUT2D eigenvalue weighted by Crippen LogP contribution is -2.03. The van der Waals surface area contributed by atoms with Crippen LogP contribution in [0.25, 0.3) is 0 Å². The van der Waals surface area contributed by atoms with Crippen LogP contribution >= 0.6 is 0 Å². The lowest BCUT2D eigenvalue weighted by molar-refractivity contribution is 0.379. The quantitative estimate of drug-likeness (QED) is 0.606. The Morgan fingerprint density at radius 1 is 1.54 bits per heavy atom. The zero-order valence-corrected chi connectivity index (χ0v) is 8.66. The van der Waals surface area contributed by atoms with Gasteiger partial charge in [-0.25, -0.2) is 0 Å². The van der Waals surface area contributed by atoms with Crippen LogP contribution < -0.4 is 0 Å². The molecule has 0 radical (unpaired) electrons. The first-order chi connectivity index (χ1) is 6.19. The van der Waals surface area contributed by atoms with E-state index in [2.05, 4.69) is 26.5 Å².